The number of hydrogen-bond donors (Lipinski definition) is 1. The predicted molar refractivity (Wildman–Crippen MR) is 117 cm³/mol. The molecule has 0 bridgehead atoms. The Morgan fingerprint density at radius 3 is 1.90 bits per heavy atom. The molecule has 150 valence electrons. The standard InChI is InChI=1S/C24H25O4P/c1-17-16-18(2)23(28-15-14-25)19(3)22(17)24(26)29(27,20-10-6-4-7-11-20)21-12-8-5-9-13-21/h4-13,16,25H,14-15H2,1-3H3. The molecule has 0 amide bonds. The first-order valence-corrected chi connectivity index (χ1v) is 11.2. The first-order chi connectivity index (χ1) is 13.9. The van der Waals surface area contributed by atoms with Gasteiger partial charge in [-0.2, -0.15) is 0 Å². The maximum absolute atomic E-state index is 14.4. The Kier molecular flexibility index (Phi) is 6.36. The third-order valence-electron chi connectivity index (χ3n) is 4.98. The van der Waals surface area contributed by atoms with Gasteiger partial charge in [0, 0.05) is 21.7 Å². The van der Waals surface area contributed by atoms with E-state index in [9.17, 15) is 9.36 Å². The monoisotopic (exact) mass is 408 g/mol. The maximum atomic E-state index is 14.4. The summed E-state index contributed by atoms with van der Waals surface area (Å²) in [5.41, 5.74) is 2.29. The molecular formula is C24H25O4P. The van der Waals surface area contributed by atoms with E-state index in [2.05, 4.69) is 0 Å². The fraction of sp³-hybridized carbons (Fsp3) is 0.208. The molecular weight excluding hydrogens is 383 g/mol. The van der Waals surface area contributed by atoms with Gasteiger partial charge in [0.25, 0.3) is 0 Å². The number of aryl methyl sites for hydroxylation is 2. The SMILES string of the molecule is Cc1cc(C)c(C(=O)P(=O)(c2ccccc2)c2ccccc2)c(C)c1OCCO. The summed E-state index contributed by atoms with van der Waals surface area (Å²) >= 11 is 0. The Hall–Kier alpha value is -2.68. The lowest BCUT2D eigenvalue weighted by Crippen LogP contribution is -2.24. The van der Waals surface area contributed by atoms with Crippen LogP contribution in [0.25, 0.3) is 0 Å². The van der Waals surface area contributed by atoms with E-state index in [0.29, 0.717) is 27.5 Å². The van der Waals surface area contributed by atoms with Crippen molar-refractivity contribution < 1.29 is 19.2 Å². The Balaban J connectivity index is 2.24. The van der Waals surface area contributed by atoms with Crippen LogP contribution in [0.5, 0.6) is 5.75 Å². The van der Waals surface area contributed by atoms with Crippen molar-refractivity contribution in [3.8, 4) is 5.75 Å². The van der Waals surface area contributed by atoms with Crippen molar-refractivity contribution in [3.05, 3.63) is 89.0 Å². The smallest absolute Gasteiger partial charge is 0.230 e. The number of rotatable bonds is 7. The Labute approximate surface area is 171 Å². The average Bonchev–Trinajstić information content (AvgIpc) is 2.74. The van der Waals surface area contributed by atoms with E-state index in [-0.39, 0.29) is 13.2 Å². The predicted octanol–water partition coefficient (Wildman–Crippen LogP) is 4.14. The van der Waals surface area contributed by atoms with E-state index in [1.54, 1.807) is 55.5 Å². The van der Waals surface area contributed by atoms with Gasteiger partial charge in [0.2, 0.25) is 12.7 Å². The van der Waals surface area contributed by atoms with Crippen LogP contribution in [0, 0.1) is 20.8 Å². The van der Waals surface area contributed by atoms with Gasteiger partial charge in [-0.3, -0.25) is 4.79 Å². The lowest BCUT2D eigenvalue weighted by atomic mass is 9.99. The van der Waals surface area contributed by atoms with Gasteiger partial charge in [-0.05, 0) is 31.9 Å². The molecule has 4 nitrogen and oxygen atoms in total. The number of benzene rings is 3. The van der Waals surface area contributed by atoms with Crippen LogP contribution in [0.4, 0.5) is 0 Å². The summed E-state index contributed by atoms with van der Waals surface area (Å²) in [7, 11) is -3.60. The Morgan fingerprint density at radius 1 is 0.897 bits per heavy atom. The van der Waals surface area contributed by atoms with Gasteiger partial charge in [-0.25, -0.2) is 0 Å². The molecule has 0 atom stereocenters. The first kappa shape index (κ1) is 21.0. The number of aliphatic hydroxyl groups is 1. The fourth-order valence-corrected chi connectivity index (χ4v) is 6.29. The van der Waals surface area contributed by atoms with Gasteiger partial charge in [-0.15, -0.1) is 0 Å². The summed E-state index contributed by atoms with van der Waals surface area (Å²) < 4.78 is 20.1. The second kappa shape index (κ2) is 8.77. The molecule has 3 aromatic carbocycles. The lowest BCUT2D eigenvalue weighted by molar-refractivity contribution is 0.107. The average molecular weight is 408 g/mol. The van der Waals surface area contributed by atoms with Crippen LogP contribution in [0.2, 0.25) is 0 Å². The number of carbonyl (C=O) groups excluding carboxylic acids is 1. The van der Waals surface area contributed by atoms with Gasteiger partial charge in [0.05, 0.1) is 6.61 Å². The molecule has 0 fully saturated rings. The molecule has 0 radical (unpaired) electrons. The summed E-state index contributed by atoms with van der Waals surface area (Å²) in [6, 6.07) is 19.7. The van der Waals surface area contributed by atoms with Crippen molar-refractivity contribution in [3.63, 3.8) is 0 Å². The summed E-state index contributed by atoms with van der Waals surface area (Å²) in [4.78, 5) is 13.9. The van der Waals surface area contributed by atoms with Gasteiger partial charge in [-0.1, -0.05) is 66.7 Å². The van der Waals surface area contributed by atoms with Crippen molar-refractivity contribution in [2.75, 3.05) is 13.2 Å². The topological polar surface area (TPSA) is 63.6 Å². The van der Waals surface area contributed by atoms with Gasteiger partial charge in [0.1, 0.15) is 12.4 Å². The number of aliphatic hydroxyl groups excluding tert-OH is 1. The fourth-order valence-electron chi connectivity index (χ4n) is 3.68. The number of ether oxygens (including phenoxy) is 1. The highest BCUT2D eigenvalue weighted by Crippen LogP contribution is 2.48. The highest BCUT2D eigenvalue weighted by Gasteiger charge is 2.38. The third kappa shape index (κ3) is 3.91. The second-order valence-corrected chi connectivity index (χ2v) is 9.65. The molecule has 0 heterocycles. The molecule has 1 N–H and O–H groups in total. The second-order valence-electron chi connectivity index (χ2n) is 7.00. The minimum Gasteiger partial charge on any atom is -0.491 e. The van der Waals surface area contributed by atoms with Crippen molar-refractivity contribution in [1.82, 2.24) is 0 Å². The highest BCUT2D eigenvalue weighted by molar-refractivity contribution is 7.93. The Bertz CT molecular complexity index is 1020. The zero-order valence-electron chi connectivity index (χ0n) is 16.9. The molecule has 0 saturated heterocycles. The van der Waals surface area contributed by atoms with E-state index in [1.165, 1.54) is 0 Å². The van der Waals surface area contributed by atoms with Crippen LogP contribution in [0.3, 0.4) is 0 Å². The van der Waals surface area contributed by atoms with Gasteiger partial charge >= 0.3 is 0 Å². The zero-order chi connectivity index (χ0) is 21.0. The molecule has 0 saturated carbocycles. The highest BCUT2D eigenvalue weighted by atomic mass is 31.2. The first-order valence-electron chi connectivity index (χ1n) is 9.52. The van der Waals surface area contributed by atoms with Crippen LogP contribution < -0.4 is 15.3 Å². The molecule has 0 aromatic heterocycles. The molecule has 0 aliphatic carbocycles. The van der Waals surface area contributed by atoms with Crippen molar-refractivity contribution in [2.45, 2.75) is 20.8 Å². The van der Waals surface area contributed by atoms with E-state index < -0.39 is 12.7 Å². The Morgan fingerprint density at radius 2 is 1.41 bits per heavy atom. The van der Waals surface area contributed by atoms with Crippen molar-refractivity contribution in [2.24, 2.45) is 0 Å². The molecule has 3 rings (SSSR count). The molecule has 0 unspecified atom stereocenters. The van der Waals surface area contributed by atoms with Crippen LogP contribution in [0.15, 0.2) is 66.7 Å². The van der Waals surface area contributed by atoms with E-state index >= 15 is 0 Å². The summed E-state index contributed by atoms with van der Waals surface area (Å²) in [5, 5.41) is 10.1. The summed E-state index contributed by atoms with van der Waals surface area (Å²) in [6.45, 7) is 5.56. The van der Waals surface area contributed by atoms with Crippen LogP contribution >= 0.6 is 7.14 Å². The molecule has 5 heteroatoms. The normalized spacial score (nSPS) is 11.3. The molecule has 29 heavy (non-hydrogen) atoms. The van der Waals surface area contributed by atoms with E-state index in [0.717, 1.165) is 11.1 Å². The molecule has 0 spiro atoms. The summed E-state index contributed by atoms with van der Waals surface area (Å²) in [6.07, 6.45) is 0. The van der Waals surface area contributed by atoms with E-state index in [4.69, 9.17) is 9.84 Å². The zero-order valence-corrected chi connectivity index (χ0v) is 17.8. The van der Waals surface area contributed by atoms with Crippen LogP contribution in [0.1, 0.15) is 27.0 Å². The quantitative estimate of drug-likeness (QED) is 0.597. The maximum Gasteiger partial charge on any atom is 0.230 e. The number of carbonyl (C=O) groups is 1. The van der Waals surface area contributed by atoms with Gasteiger partial charge in [0.15, 0.2) is 0 Å². The minimum absolute atomic E-state index is 0.122. The molecule has 0 aliphatic rings. The summed E-state index contributed by atoms with van der Waals surface area (Å²) in [5.74, 6) is 0.556. The third-order valence-corrected chi connectivity index (χ3v) is 7.82. The molecule has 0 aliphatic heterocycles. The van der Waals surface area contributed by atoms with Gasteiger partial charge < -0.3 is 14.4 Å². The van der Waals surface area contributed by atoms with Crippen LogP contribution in [-0.4, -0.2) is 23.8 Å². The molecule has 3 aromatic rings. The minimum atomic E-state index is -3.60. The lowest BCUT2D eigenvalue weighted by Gasteiger charge is -2.22. The number of hydrogen-bond acceptors (Lipinski definition) is 4. The van der Waals surface area contributed by atoms with Crippen molar-refractivity contribution in [1.29, 1.82) is 0 Å². The van der Waals surface area contributed by atoms with Crippen molar-refractivity contribution >= 4 is 23.3 Å². The largest absolute Gasteiger partial charge is 0.491 e. The van der Waals surface area contributed by atoms with Crippen LogP contribution in [-0.2, 0) is 4.57 Å². The van der Waals surface area contributed by atoms with E-state index in [1.807, 2.05) is 32.0 Å².